The highest BCUT2D eigenvalue weighted by Gasteiger charge is 2.05. The van der Waals surface area contributed by atoms with Crippen LogP contribution in [0, 0.1) is 0 Å². The number of aromatic nitrogens is 2. The van der Waals surface area contributed by atoms with Gasteiger partial charge in [-0.1, -0.05) is 0 Å². The Morgan fingerprint density at radius 3 is 3.06 bits per heavy atom. The third-order valence-corrected chi connectivity index (χ3v) is 2.26. The third-order valence-electron chi connectivity index (χ3n) is 2.26. The molecule has 0 bridgehead atoms. The summed E-state index contributed by atoms with van der Waals surface area (Å²) >= 11 is 0. The monoisotopic (exact) mass is 240 g/mol. The second kappa shape index (κ2) is 7.81. The summed E-state index contributed by atoms with van der Waals surface area (Å²) in [4.78, 5) is 11.4. The summed E-state index contributed by atoms with van der Waals surface area (Å²) in [5.41, 5.74) is 0. The molecule has 0 saturated heterocycles. The van der Waals surface area contributed by atoms with E-state index < -0.39 is 0 Å². The molecule has 0 fully saturated rings. The zero-order valence-electron chi connectivity index (χ0n) is 10.3. The summed E-state index contributed by atoms with van der Waals surface area (Å²) in [7, 11) is 1.61. The minimum absolute atomic E-state index is 0.0191. The van der Waals surface area contributed by atoms with E-state index in [2.05, 4.69) is 15.7 Å². The van der Waals surface area contributed by atoms with Crippen molar-refractivity contribution in [2.45, 2.75) is 19.5 Å². The minimum Gasteiger partial charge on any atom is -0.383 e. The molecule has 1 atom stereocenters. The Kier molecular flexibility index (Phi) is 6.27. The third kappa shape index (κ3) is 6.03. The Balaban J connectivity index is 2.10. The van der Waals surface area contributed by atoms with Gasteiger partial charge in [-0.3, -0.25) is 9.48 Å². The van der Waals surface area contributed by atoms with Crippen LogP contribution in [0.15, 0.2) is 18.5 Å². The fourth-order valence-electron chi connectivity index (χ4n) is 1.38. The highest BCUT2D eigenvalue weighted by atomic mass is 16.5. The maximum Gasteiger partial charge on any atom is 0.234 e. The van der Waals surface area contributed by atoms with Crippen LogP contribution in [0.4, 0.5) is 0 Å². The predicted molar refractivity (Wildman–Crippen MR) is 64.6 cm³/mol. The van der Waals surface area contributed by atoms with Gasteiger partial charge in [-0.05, 0) is 13.0 Å². The summed E-state index contributed by atoms with van der Waals surface area (Å²) in [5.74, 6) is -0.0191. The first kappa shape index (κ1) is 13.7. The number of nitrogens with zero attached hydrogens (tertiary/aromatic N) is 2. The van der Waals surface area contributed by atoms with Crippen molar-refractivity contribution in [2.24, 2.45) is 0 Å². The van der Waals surface area contributed by atoms with Crippen molar-refractivity contribution >= 4 is 5.91 Å². The van der Waals surface area contributed by atoms with Gasteiger partial charge >= 0.3 is 0 Å². The van der Waals surface area contributed by atoms with Gasteiger partial charge in [0.15, 0.2) is 0 Å². The van der Waals surface area contributed by atoms with E-state index in [1.165, 1.54) is 0 Å². The second-order valence-corrected chi connectivity index (χ2v) is 3.85. The number of carbonyl (C=O) groups excluding carboxylic acids is 1. The summed E-state index contributed by atoms with van der Waals surface area (Å²) < 4.78 is 6.68. The average molecular weight is 240 g/mol. The summed E-state index contributed by atoms with van der Waals surface area (Å²) in [6, 6.07) is 2.08. The maximum absolute atomic E-state index is 11.4. The highest BCUT2D eigenvalue weighted by molar-refractivity contribution is 5.77. The van der Waals surface area contributed by atoms with E-state index >= 15 is 0 Å². The molecule has 0 saturated carbocycles. The van der Waals surface area contributed by atoms with Crippen molar-refractivity contribution in [1.29, 1.82) is 0 Å². The lowest BCUT2D eigenvalue weighted by Crippen LogP contribution is -2.40. The topological polar surface area (TPSA) is 68.2 Å². The number of methoxy groups -OCH3 is 1. The van der Waals surface area contributed by atoms with E-state index in [4.69, 9.17) is 4.74 Å². The lowest BCUT2D eigenvalue weighted by atomic mass is 10.3. The largest absolute Gasteiger partial charge is 0.383 e. The predicted octanol–water partition coefficient (Wildman–Crippen LogP) is -0.376. The van der Waals surface area contributed by atoms with Crippen LogP contribution in [-0.2, 0) is 16.1 Å². The summed E-state index contributed by atoms with van der Waals surface area (Å²) in [5, 5.41) is 9.99. The molecule has 17 heavy (non-hydrogen) atoms. The molecule has 0 aliphatic carbocycles. The lowest BCUT2D eigenvalue weighted by Gasteiger charge is -2.13. The maximum atomic E-state index is 11.4. The number of hydrogen-bond acceptors (Lipinski definition) is 4. The van der Waals surface area contributed by atoms with E-state index in [0.29, 0.717) is 19.7 Å². The molecule has 0 aromatic carbocycles. The smallest absolute Gasteiger partial charge is 0.234 e. The zero-order valence-corrected chi connectivity index (χ0v) is 10.3. The minimum atomic E-state index is -0.0191. The highest BCUT2D eigenvalue weighted by Crippen LogP contribution is 1.89. The summed E-state index contributed by atoms with van der Waals surface area (Å²) in [6.45, 7) is 4.16. The number of ether oxygens (including phenoxy) is 1. The summed E-state index contributed by atoms with van der Waals surface area (Å²) in [6.07, 6.45) is 3.64. The normalized spacial score (nSPS) is 12.4. The van der Waals surface area contributed by atoms with Gasteiger partial charge in [0.2, 0.25) is 5.91 Å². The molecule has 1 amide bonds. The Hall–Kier alpha value is -1.40. The van der Waals surface area contributed by atoms with E-state index in [1.54, 1.807) is 13.3 Å². The molecule has 1 rings (SSSR count). The fourth-order valence-corrected chi connectivity index (χ4v) is 1.38. The van der Waals surface area contributed by atoms with E-state index in [-0.39, 0.29) is 11.9 Å². The van der Waals surface area contributed by atoms with Crippen molar-refractivity contribution in [3.63, 3.8) is 0 Å². The Bertz CT molecular complexity index is 313. The van der Waals surface area contributed by atoms with Crippen LogP contribution >= 0.6 is 0 Å². The molecule has 1 aromatic rings. The molecule has 96 valence electrons. The van der Waals surface area contributed by atoms with Crippen molar-refractivity contribution in [2.75, 3.05) is 26.8 Å². The number of amides is 1. The molecular formula is C11H20N4O2. The standard InChI is InChI=1S/C11H20N4O2/c1-10(9-15-6-3-4-14-15)13-8-11(16)12-5-7-17-2/h3-4,6,10,13H,5,7-9H2,1-2H3,(H,12,16). The molecule has 1 unspecified atom stereocenters. The molecule has 6 nitrogen and oxygen atoms in total. The van der Waals surface area contributed by atoms with Crippen LogP contribution in [0.3, 0.4) is 0 Å². The molecule has 1 heterocycles. The molecule has 0 radical (unpaired) electrons. The van der Waals surface area contributed by atoms with Crippen molar-refractivity contribution in [3.8, 4) is 0 Å². The SMILES string of the molecule is COCCNC(=O)CNC(C)Cn1cccn1. The number of nitrogens with one attached hydrogen (secondary N) is 2. The molecule has 2 N–H and O–H groups in total. The number of hydrogen-bond donors (Lipinski definition) is 2. The van der Waals surface area contributed by atoms with Gasteiger partial charge in [-0.25, -0.2) is 0 Å². The molecular weight excluding hydrogens is 220 g/mol. The van der Waals surface area contributed by atoms with Crippen LogP contribution in [0.25, 0.3) is 0 Å². The van der Waals surface area contributed by atoms with Gasteiger partial charge < -0.3 is 15.4 Å². The van der Waals surface area contributed by atoms with Crippen LogP contribution in [0.1, 0.15) is 6.92 Å². The van der Waals surface area contributed by atoms with E-state index in [9.17, 15) is 4.79 Å². The van der Waals surface area contributed by atoms with Crippen LogP contribution in [0.2, 0.25) is 0 Å². The van der Waals surface area contributed by atoms with Crippen molar-refractivity contribution in [3.05, 3.63) is 18.5 Å². The first-order chi connectivity index (χ1) is 8.22. The fraction of sp³-hybridized carbons (Fsp3) is 0.636. The van der Waals surface area contributed by atoms with E-state index in [0.717, 1.165) is 6.54 Å². The quantitative estimate of drug-likeness (QED) is 0.608. The van der Waals surface area contributed by atoms with E-state index in [1.807, 2.05) is 23.9 Å². The zero-order chi connectivity index (χ0) is 12.5. The number of carbonyl (C=O) groups is 1. The Labute approximate surface area is 101 Å². The molecule has 0 spiro atoms. The van der Waals surface area contributed by atoms with Gasteiger partial charge in [-0.15, -0.1) is 0 Å². The molecule has 0 aliphatic rings. The Morgan fingerprint density at radius 1 is 1.59 bits per heavy atom. The average Bonchev–Trinajstić information content (AvgIpc) is 2.79. The lowest BCUT2D eigenvalue weighted by molar-refractivity contribution is -0.120. The van der Waals surface area contributed by atoms with Gasteiger partial charge in [0.25, 0.3) is 0 Å². The van der Waals surface area contributed by atoms with Gasteiger partial charge in [-0.2, -0.15) is 5.10 Å². The first-order valence-corrected chi connectivity index (χ1v) is 5.69. The van der Waals surface area contributed by atoms with Gasteiger partial charge in [0.05, 0.1) is 19.7 Å². The first-order valence-electron chi connectivity index (χ1n) is 5.69. The molecule has 1 aromatic heterocycles. The Morgan fingerprint density at radius 2 is 2.41 bits per heavy atom. The molecule has 0 aliphatic heterocycles. The van der Waals surface area contributed by atoms with Gasteiger partial charge in [0, 0.05) is 32.1 Å². The molecule has 6 heteroatoms. The number of rotatable bonds is 8. The van der Waals surface area contributed by atoms with Crippen molar-refractivity contribution < 1.29 is 9.53 Å². The van der Waals surface area contributed by atoms with Crippen LogP contribution < -0.4 is 10.6 Å². The van der Waals surface area contributed by atoms with Crippen molar-refractivity contribution in [1.82, 2.24) is 20.4 Å². The van der Waals surface area contributed by atoms with Gasteiger partial charge in [0.1, 0.15) is 0 Å². The van der Waals surface area contributed by atoms with Crippen LogP contribution in [0.5, 0.6) is 0 Å². The van der Waals surface area contributed by atoms with Crippen LogP contribution in [-0.4, -0.2) is 48.5 Å². The second-order valence-electron chi connectivity index (χ2n) is 3.85.